The smallest absolute Gasteiger partial charge is 0.316 e. The van der Waals surface area contributed by atoms with E-state index in [1.807, 2.05) is 0 Å². The molecule has 1 atom stereocenters. The van der Waals surface area contributed by atoms with Crippen LogP contribution in [0.15, 0.2) is 17.0 Å². The zero-order valence-electron chi connectivity index (χ0n) is 13.6. The summed E-state index contributed by atoms with van der Waals surface area (Å²) in [5.74, 6) is -8.69. The topological polar surface area (TPSA) is 105 Å². The van der Waals surface area contributed by atoms with Crippen LogP contribution in [0.1, 0.15) is 5.56 Å². The molecule has 0 aliphatic heterocycles. The third kappa shape index (κ3) is 4.70. The molecule has 1 aromatic carbocycles. The minimum Gasteiger partial charge on any atom is -0.496 e. The Morgan fingerprint density at radius 2 is 1.68 bits per heavy atom. The number of methoxy groups -OCH3 is 2. The van der Waals surface area contributed by atoms with Gasteiger partial charge in [0.15, 0.2) is 7.85 Å². The zero-order chi connectivity index (χ0) is 19.6. The van der Waals surface area contributed by atoms with Crippen molar-refractivity contribution < 1.29 is 42.4 Å². The van der Waals surface area contributed by atoms with Crippen molar-refractivity contribution in [2.75, 3.05) is 20.0 Å². The van der Waals surface area contributed by atoms with Gasteiger partial charge in [-0.25, -0.2) is 8.78 Å². The quantitative estimate of drug-likeness (QED) is 0.217. The molecule has 0 amide bonds. The van der Waals surface area contributed by atoms with Crippen molar-refractivity contribution in [1.82, 2.24) is 0 Å². The van der Waals surface area contributed by atoms with Crippen LogP contribution in [-0.2, 0) is 5.50 Å². The highest BCUT2D eigenvalue weighted by molar-refractivity contribution is 7.99. The molecule has 142 valence electrons. The van der Waals surface area contributed by atoms with E-state index in [-0.39, 0.29) is 22.0 Å². The van der Waals surface area contributed by atoms with Crippen LogP contribution in [0.5, 0.6) is 11.5 Å². The first-order chi connectivity index (χ1) is 11.3. The molecule has 25 heavy (non-hydrogen) atoms. The van der Waals surface area contributed by atoms with E-state index in [1.165, 1.54) is 14.2 Å². The first-order valence-corrected chi connectivity index (χ1v) is 7.77. The Kier molecular flexibility index (Phi) is 6.62. The lowest BCUT2D eigenvalue weighted by molar-refractivity contribution is -0.244. The summed E-state index contributed by atoms with van der Waals surface area (Å²) in [5, 5.41) is 29.3. The van der Waals surface area contributed by atoms with E-state index in [2.05, 4.69) is 0 Å². The summed E-state index contributed by atoms with van der Waals surface area (Å²) in [6, 6.07) is 2.23. The molecule has 0 saturated carbocycles. The highest BCUT2D eigenvalue weighted by Gasteiger charge is 2.45. The Morgan fingerprint density at radius 3 is 2.08 bits per heavy atom. The summed E-state index contributed by atoms with van der Waals surface area (Å²) in [6.45, 7) is 0. The SMILES string of the molecule is BC(O)(c1cc(OC)c(SCC(F)(F)C(F)F)cc1OC)C(N)(O)O. The van der Waals surface area contributed by atoms with Crippen LogP contribution in [0.2, 0.25) is 0 Å². The van der Waals surface area contributed by atoms with Gasteiger partial charge >= 0.3 is 12.3 Å². The van der Waals surface area contributed by atoms with Crippen molar-refractivity contribution in [1.29, 1.82) is 0 Å². The van der Waals surface area contributed by atoms with Crippen LogP contribution >= 0.6 is 11.8 Å². The van der Waals surface area contributed by atoms with Gasteiger partial charge in [0.1, 0.15) is 17.0 Å². The average molecular weight is 387 g/mol. The van der Waals surface area contributed by atoms with Crippen LogP contribution in [0.4, 0.5) is 17.6 Å². The fourth-order valence-corrected chi connectivity index (χ4v) is 2.75. The maximum Gasteiger partial charge on any atom is 0.316 e. The monoisotopic (exact) mass is 387 g/mol. The number of nitrogens with two attached hydrogens (primary N) is 1. The normalized spacial score (nSPS) is 15.2. The van der Waals surface area contributed by atoms with Crippen LogP contribution in [0.25, 0.3) is 0 Å². The summed E-state index contributed by atoms with van der Waals surface area (Å²) < 4.78 is 60.8. The molecule has 6 nitrogen and oxygen atoms in total. The van der Waals surface area contributed by atoms with Crippen LogP contribution in [0.3, 0.4) is 0 Å². The van der Waals surface area contributed by atoms with Crippen molar-refractivity contribution >= 4 is 19.6 Å². The summed E-state index contributed by atoms with van der Waals surface area (Å²) in [4.78, 5) is 0.0257. The zero-order valence-corrected chi connectivity index (χ0v) is 14.4. The van der Waals surface area contributed by atoms with E-state index in [9.17, 15) is 32.9 Å². The number of ether oxygens (including phenoxy) is 2. The van der Waals surface area contributed by atoms with Gasteiger partial charge in [-0.1, -0.05) is 0 Å². The fraction of sp³-hybridized carbons (Fsp3) is 0.538. The molecule has 0 aliphatic rings. The Bertz CT molecular complexity index is 613. The van der Waals surface area contributed by atoms with Gasteiger partial charge in [0, 0.05) is 5.56 Å². The van der Waals surface area contributed by atoms with E-state index in [0.717, 1.165) is 20.0 Å². The summed E-state index contributed by atoms with van der Waals surface area (Å²) in [7, 11) is 3.35. The second-order valence-corrected chi connectivity index (χ2v) is 6.37. The molecule has 0 spiro atoms. The van der Waals surface area contributed by atoms with Gasteiger partial charge in [0.05, 0.1) is 24.9 Å². The predicted molar refractivity (Wildman–Crippen MR) is 85.0 cm³/mol. The molecular formula is C13H18BF4NO5S. The van der Waals surface area contributed by atoms with E-state index < -0.39 is 29.5 Å². The minimum atomic E-state index is -4.21. The molecule has 0 aliphatic carbocycles. The standard InChI is InChI=1S/C13H18BF4NO5S/c1-23-7-4-9(25-5-11(17,18)10(15)16)8(24-2)3-6(7)12(14,20)13(19,21)22/h3-4,10,20-22H,5,14,19H2,1-2H3. The van der Waals surface area contributed by atoms with Crippen LogP contribution in [-0.4, -0.2) is 61.4 Å². The van der Waals surface area contributed by atoms with Gasteiger partial charge in [-0.05, 0) is 12.1 Å². The van der Waals surface area contributed by atoms with Gasteiger partial charge in [-0.3, -0.25) is 5.73 Å². The second-order valence-electron chi connectivity index (χ2n) is 5.35. The lowest BCUT2D eigenvalue weighted by atomic mass is 9.72. The summed E-state index contributed by atoms with van der Waals surface area (Å²) in [5.41, 5.74) is 2.51. The molecule has 1 aromatic rings. The molecule has 0 radical (unpaired) electrons. The summed E-state index contributed by atoms with van der Waals surface area (Å²) >= 11 is 0.390. The van der Waals surface area contributed by atoms with E-state index in [1.54, 1.807) is 0 Å². The molecule has 0 aromatic heterocycles. The maximum atomic E-state index is 13.1. The number of halogens is 4. The number of hydrogen-bond acceptors (Lipinski definition) is 7. The molecule has 12 heteroatoms. The second kappa shape index (κ2) is 7.58. The van der Waals surface area contributed by atoms with Crippen molar-refractivity contribution in [3.63, 3.8) is 0 Å². The van der Waals surface area contributed by atoms with Gasteiger partial charge in [0.2, 0.25) is 5.91 Å². The maximum absolute atomic E-state index is 13.1. The number of aliphatic hydroxyl groups is 3. The average Bonchev–Trinajstić information content (AvgIpc) is 2.50. The Balaban J connectivity index is 3.32. The Hall–Kier alpha value is -1.21. The molecule has 0 bridgehead atoms. The highest BCUT2D eigenvalue weighted by atomic mass is 32.2. The van der Waals surface area contributed by atoms with Gasteiger partial charge in [0.25, 0.3) is 0 Å². The first-order valence-electron chi connectivity index (χ1n) is 6.79. The molecule has 1 unspecified atom stereocenters. The molecule has 5 N–H and O–H groups in total. The minimum absolute atomic E-state index is 0.0257. The largest absolute Gasteiger partial charge is 0.496 e. The molecule has 1 rings (SSSR count). The van der Waals surface area contributed by atoms with E-state index in [4.69, 9.17) is 15.2 Å². The van der Waals surface area contributed by atoms with Gasteiger partial charge in [-0.2, -0.15) is 8.78 Å². The number of thioether (sulfide) groups is 1. The van der Waals surface area contributed by atoms with Crippen LogP contribution < -0.4 is 15.2 Å². The van der Waals surface area contributed by atoms with Crippen molar-refractivity contribution in [3.05, 3.63) is 17.7 Å². The van der Waals surface area contributed by atoms with E-state index >= 15 is 0 Å². The van der Waals surface area contributed by atoms with E-state index in [0.29, 0.717) is 11.8 Å². The van der Waals surface area contributed by atoms with Gasteiger partial charge in [-0.15, -0.1) is 11.8 Å². The lowest BCUT2D eigenvalue weighted by Gasteiger charge is -2.35. The summed E-state index contributed by atoms with van der Waals surface area (Å²) in [6.07, 6.45) is -3.82. The Labute approximate surface area is 146 Å². The molecular weight excluding hydrogens is 369 g/mol. The number of rotatable bonds is 8. The molecule has 0 fully saturated rings. The van der Waals surface area contributed by atoms with Crippen molar-refractivity contribution in [2.24, 2.45) is 5.73 Å². The molecule has 0 heterocycles. The molecule has 0 saturated heterocycles. The third-order valence-corrected chi connectivity index (χ3v) is 4.63. The highest BCUT2D eigenvalue weighted by Crippen LogP contribution is 2.42. The number of hydrogen-bond donors (Lipinski definition) is 4. The number of benzene rings is 1. The lowest BCUT2D eigenvalue weighted by Crippen LogP contribution is -2.59. The van der Waals surface area contributed by atoms with Gasteiger partial charge < -0.3 is 24.8 Å². The van der Waals surface area contributed by atoms with Crippen molar-refractivity contribution in [3.8, 4) is 11.5 Å². The predicted octanol–water partition coefficient (Wildman–Crippen LogP) is 0.0716. The first kappa shape index (κ1) is 21.8. The fourth-order valence-electron chi connectivity index (χ4n) is 1.80. The Morgan fingerprint density at radius 1 is 1.16 bits per heavy atom. The third-order valence-electron chi connectivity index (χ3n) is 3.47. The number of alkyl halides is 4. The van der Waals surface area contributed by atoms with Crippen LogP contribution in [0, 0.1) is 0 Å². The van der Waals surface area contributed by atoms with Crippen molar-refractivity contribution in [2.45, 2.75) is 28.7 Å².